The lowest BCUT2D eigenvalue weighted by Crippen LogP contribution is -2.21. The minimum Gasteiger partial charge on any atom is -0.487 e. The molecule has 25 heavy (non-hydrogen) atoms. The number of aromatic amines is 1. The predicted molar refractivity (Wildman–Crippen MR) is 103 cm³/mol. The number of fused-ring (bicyclic) bond motifs is 3. The largest absolute Gasteiger partial charge is 0.487 e. The monoisotopic (exact) mass is 333 g/mol. The number of aromatic nitrogens is 1. The molecule has 1 aromatic carbocycles. The summed E-state index contributed by atoms with van der Waals surface area (Å²) in [5.74, 6) is 1.53. The number of H-pyrrole nitrogens is 1. The van der Waals surface area contributed by atoms with E-state index >= 15 is 0 Å². The molecule has 0 fully saturated rings. The van der Waals surface area contributed by atoms with E-state index in [0.29, 0.717) is 12.5 Å². The summed E-state index contributed by atoms with van der Waals surface area (Å²) in [7, 11) is 0. The Morgan fingerprint density at radius 1 is 1.20 bits per heavy atom. The fourth-order valence-electron chi connectivity index (χ4n) is 4.05. The Hall–Kier alpha value is -2.22. The molecule has 2 heteroatoms. The summed E-state index contributed by atoms with van der Waals surface area (Å²) < 4.78 is 6.21. The zero-order chi connectivity index (χ0) is 17.1. The third kappa shape index (κ3) is 3.30. The Morgan fingerprint density at radius 2 is 2.08 bits per heavy atom. The van der Waals surface area contributed by atoms with Crippen molar-refractivity contribution in [3.63, 3.8) is 0 Å². The SMILES string of the molecule is CCCCC1C=CC(OCc2ccccc2)=c2[nH]c3c(c21)CCCC=3. The van der Waals surface area contributed by atoms with Crippen LogP contribution in [0.1, 0.15) is 61.6 Å². The van der Waals surface area contributed by atoms with Gasteiger partial charge < -0.3 is 9.72 Å². The summed E-state index contributed by atoms with van der Waals surface area (Å²) >= 11 is 0. The zero-order valence-corrected chi connectivity index (χ0v) is 15.1. The smallest absolute Gasteiger partial charge is 0.143 e. The number of hydrogen-bond donors (Lipinski definition) is 1. The van der Waals surface area contributed by atoms with E-state index in [1.807, 2.05) is 6.07 Å². The van der Waals surface area contributed by atoms with Crippen LogP contribution in [0.25, 0.3) is 11.8 Å². The maximum atomic E-state index is 6.21. The van der Waals surface area contributed by atoms with Crippen LogP contribution in [0, 0.1) is 0 Å². The van der Waals surface area contributed by atoms with Gasteiger partial charge in [0, 0.05) is 11.3 Å². The maximum Gasteiger partial charge on any atom is 0.143 e. The van der Waals surface area contributed by atoms with Gasteiger partial charge in [-0.3, -0.25) is 0 Å². The first-order chi connectivity index (χ1) is 12.4. The Balaban J connectivity index is 1.71. The van der Waals surface area contributed by atoms with Gasteiger partial charge in [0.1, 0.15) is 12.4 Å². The third-order valence-electron chi connectivity index (χ3n) is 5.36. The molecule has 4 rings (SSSR count). The van der Waals surface area contributed by atoms with Crippen LogP contribution in [0.15, 0.2) is 42.5 Å². The van der Waals surface area contributed by atoms with Gasteiger partial charge in [0.15, 0.2) is 0 Å². The lowest BCUT2D eigenvalue weighted by Gasteiger charge is -2.20. The van der Waals surface area contributed by atoms with Crippen molar-refractivity contribution in [1.29, 1.82) is 0 Å². The second-order valence-corrected chi connectivity index (χ2v) is 7.15. The molecule has 2 nitrogen and oxygen atoms in total. The van der Waals surface area contributed by atoms with Crippen LogP contribution in [0.5, 0.6) is 0 Å². The van der Waals surface area contributed by atoms with Crippen LogP contribution < -0.4 is 10.7 Å². The first-order valence-electron chi connectivity index (χ1n) is 9.67. The molecule has 0 aliphatic heterocycles. The molecule has 0 spiro atoms. The molecular weight excluding hydrogens is 306 g/mol. The van der Waals surface area contributed by atoms with Crippen molar-refractivity contribution in [3.8, 4) is 0 Å². The fraction of sp³-hybridized carbons (Fsp3) is 0.391. The average molecular weight is 333 g/mol. The average Bonchev–Trinajstić information content (AvgIpc) is 3.06. The number of ether oxygens (including phenoxy) is 1. The highest BCUT2D eigenvalue weighted by molar-refractivity contribution is 5.57. The van der Waals surface area contributed by atoms with Crippen molar-refractivity contribution < 1.29 is 4.74 Å². The molecular formula is C23H27NO. The van der Waals surface area contributed by atoms with E-state index in [0.717, 1.165) is 5.76 Å². The number of unbranched alkanes of at least 4 members (excludes halogenated alkanes) is 1. The van der Waals surface area contributed by atoms with Gasteiger partial charge in [-0.15, -0.1) is 0 Å². The van der Waals surface area contributed by atoms with E-state index in [9.17, 15) is 0 Å². The van der Waals surface area contributed by atoms with E-state index in [2.05, 4.69) is 54.4 Å². The van der Waals surface area contributed by atoms with Crippen LogP contribution in [-0.2, 0) is 17.8 Å². The van der Waals surface area contributed by atoms with E-state index in [4.69, 9.17) is 4.74 Å². The second kappa shape index (κ2) is 7.35. The Kier molecular flexibility index (Phi) is 4.78. The molecule has 130 valence electrons. The van der Waals surface area contributed by atoms with Crippen LogP contribution in [0.3, 0.4) is 0 Å². The minimum atomic E-state index is 0.533. The summed E-state index contributed by atoms with van der Waals surface area (Å²) in [6.45, 7) is 2.89. The lowest BCUT2D eigenvalue weighted by atomic mass is 9.86. The number of rotatable bonds is 6. The molecule has 0 saturated carbocycles. The lowest BCUT2D eigenvalue weighted by molar-refractivity contribution is 0.262. The van der Waals surface area contributed by atoms with E-state index in [1.54, 1.807) is 0 Å². The Labute approximate surface area is 149 Å². The molecule has 1 aromatic heterocycles. The second-order valence-electron chi connectivity index (χ2n) is 7.15. The van der Waals surface area contributed by atoms with Crippen molar-refractivity contribution >= 4 is 11.8 Å². The standard InChI is InChI=1S/C23H27NO/c1-2-3-11-18-14-15-21(25-16-17-9-5-4-6-10-17)23-22(18)19-12-7-8-13-20(19)24-23/h4-6,9-10,13-15,18,24H,2-3,7-8,11-12,16H2,1H3. The molecule has 0 radical (unpaired) electrons. The van der Waals surface area contributed by atoms with E-state index < -0.39 is 0 Å². The molecule has 1 atom stereocenters. The summed E-state index contributed by atoms with van der Waals surface area (Å²) in [4.78, 5) is 3.68. The highest BCUT2D eigenvalue weighted by atomic mass is 16.5. The van der Waals surface area contributed by atoms with Gasteiger partial charge in [-0.1, -0.05) is 62.2 Å². The van der Waals surface area contributed by atoms with Crippen molar-refractivity contribution in [2.45, 2.75) is 58.0 Å². The predicted octanol–water partition coefficient (Wildman–Crippen LogP) is 4.30. The molecule has 2 aliphatic carbocycles. The molecule has 2 aliphatic rings. The van der Waals surface area contributed by atoms with E-state index in [1.165, 1.54) is 65.9 Å². The first-order valence-corrected chi connectivity index (χ1v) is 9.67. The van der Waals surface area contributed by atoms with E-state index in [-0.39, 0.29) is 0 Å². The fourth-order valence-corrected chi connectivity index (χ4v) is 4.05. The van der Waals surface area contributed by atoms with Crippen molar-refractivity contribution in [2.75, 3.05) is 0 Å². The molecule has 1 heterocycles. The number of hydrogen-bond acceptors (Lipinski definition) is 1. The van der Waals surface area contributed by atoms with Crippen LogP contribution in [0.4, 0.5) is 0 Å². The van der Waals surface area contributed by atoms with Gasteiger partial charge >= 0.3 is 0 Å². The zero-order valence-electron chi connectivity index (χ0n) is 15.1. The number of nitrogens with one attached hydrogen (secondary N) is 1. The molecule has 1 N–H and O–H groups in total. The molecule has 1 unspecified atom stereocenters. The number of allylic oxidation sites excluding steroid dienone is 1. The molecule has 2 aromatic rings. The van der Waals surface area contributed by atoms with Gasteiger partial charge in [-0.05, 0) is 48.4 Å². The first kappa shape index (κ1) is 16.3. The van der Waals surface area contributed by atoms with Crippen molar-refractivity contribution in [2.24, 2.45) is 0 Å². The summed E-state index contributed by atoms with van der Waals surface area (Å²) in [5.41, 5.74) is 4.25. The van der Waals surface area contributed by atoms with Gasteiger partial charge in [0.05, 0.1) is 5.35 Å². The Morgan fingerprint density at radius 3 is 2.92 bits per heavy atom. The minimum absolute atomic E-state index is 0.533. The quantitative estimate of drug-likeness (QED) is 0.837. The van der Waals surface area contributed by atoms with Crippen molar-refractivity contribution in [1.82, 2.24) is 4.98 Å². The summed E-state index contributed by atoms with van der Waals surface area (Å²) in [6, 6.07) is 10.4. The summed E-state index contributed by atoms with van der Waals surface area (Å²) in [5, 5.41) is 2.56. The Bertz CT molecular complexity index is 873. The topological polar surface area (TPSA) is 25.0 Å². The molecule has 0 amide bonds. The highest BCUT2D eigenvalue weighted by Gasteiger charge is 2.23. The molecule has 0 bridgehead atoms. The van der Waals surface area contributed by atoms with Crippen LogP contribution >= 0.6 is 0 Å². The van der Waals surface area contributed by atoms with Gasteiger partial charge in [-0.25, -0.2) is 0 Å². The van der Waals surface area contributed by atoms with Crippen LogP contribution in [0.2, 0.25) is 0 Å². The summed E-state index contributed by atoms with van der Waals surface area (Å²) in [6.07, 6.45) is 14.3. The van der Waals surface area contributed by atoms with Crippen molar-refractivity contribution in [3.05, 3.63) is 69.9 Å². The van der Waals surface area contributed by atoms with Crippen LogP contribution in [-0.4, -0.2) is 4.98 Å². The highest BCUT2D eigenvalue weighted by Crippen LogP contribution is 2.29. The molecule has 0 saturated heterocycles. The number of benzene rings is 1. The van der Waals surface area contributed by atoms with Gasteiger partial charge in [0.2, 0.25) is 0 Å². The maximum absolute atomic E-state index is 6.21. The van der Waals surface area contributed by atoms with Gasteiger partial charge in [0.25, 0.3) is 0 Å². The normalized spacial score (nSPS) is 18.4. The third-order valence-corrected chi connectivity index (χ3v) is 5.36. The van der Waals surface area contributed by atoms with Gasteiger partial charge in [-0.2, -0.15) is 0 Å².